The third-order valence-corrected chi connectivity index (χ3v) is 4.59. The molecule has 5 nitrogen and oxygen atoms in total. The van der Waals surface area contributed by atoms with E-state index >= 15 is 0 Å². The summed E-state index contributed by atoms with van der Waals surface area (Å²) in [5.74, 6) is -0.269. The van der Waals surface area contributed by atoms with Gasteiger partial charge in [0.2, 0.25) is 0 Å². The quantitative estimate of drug-likeness (QED) is 0.742. The maximum Gasteiger partial charge on any atom is 0.256 e. The van der Waals surface area contributed by atoms with E-state index in [1.54, 1.807) is 6.07 Å². The molecule has 0 unspecified atom stereocenters. The first kappa shape index (κ1) is 16.5. The summed E-state index contributed by atoms with van der Waals surface area (Å²) in [6.07, 6.45) is 0.976. The van der Waals surface area contributed by atoms with Gasteiger partial charge in [-0.05, 0) is 30.2 Å². The first-order valence-electron chi connectivity index (χ1n) is 8.58. The van der Waals surface area contributed by atoms with E-state index in [-0.39, 0.29) is 11.5 Å². The molecule has 3 aromatic rings. The van der Waals surface area contributed by atoms with Gasteiger partial charge in [-0.1, -0.05) is 36.4 Å². The molecule has 2 heterocycles. The van der Waals surface area contributed by atoms with Crippen LogP contribution in [-0.4, -0.2) is 27.5 Å². The Hall–Kier alpha value is -2.99. The van der Waals surface area contributed by atoms with Gasteiger partial charge in [0.25, 0.3) is 5.91 Å². The molecule has 0 aliphatic carbocycles. The number of benzene rings is 2. The maximum absolute atomic E-state index is 13.3. The minimum absolute atomic E-state index is 0.278. The number of carbonyl (C=O) groups excluding carboxylic acids is 1. The zero-order valence-electron chi connectivity index (χ0n) is 14.2. The smallest absolute Gasteiger partial charge is 0.256 e. The highest BCUT2D eigenvalue weighted by atomic mass is 19.1. The number of hydrogen-bond acceptors (Lipinski definition) is 3. The number of halogens is 1. The fraction of sp³-hybridized carbons (Fsp3) is 0.200. The number of carbonyl (C=O) groups is 1. The molecular weight excluding hydrogens is 331 g/mol. The number of nitrogens with zero attached hydrogens (tertiary/aromatic N) is 2. The third kappa shape index (κ3) is 3.50. The van der Waals surface area contributed by atoms with Gasteiger partial charge >= 0.3 is 0 Å². The molecule has 0 saturated carbocycles. The van der Waals surface area contributed by atoms with Gasteiger partial charge < -0.3 is 5.32 Å². The van der Waals surface area contributed by atoms with Crippen LogP contribution in [0.4, 0.5) is 10.2 Å². The predicted octanol–water partition coefficient (Wildman–Crippen LogP) is 3.36. The molecule has 6 heteroatoms. The van der Waals surface area contributed by atoms with Crippen LogP contribution < -0.4 is 5.32 Å². The van der Waals surface area contributed by atoms with Gasteiger partial charge in [-0.25, -0.2) is 4.39 Å². The summed E-state index contributed by atoms with van der Waals surface area (Å²) in [7, 11) is 0. The minimum Gasteiger partial charge on any atom is -0.305 e. The van der Waals surface area contributed by atoms with E-state index in [0.29, 0.717) is 5.82 Å². The van der Waals surface area contributed by atoms with Crippen molar-refractivity contribution in [2.45, 2.75) is 19.5 Å². The normalized spacial score (nSPS) is 13.6. The number of nitrogens with one attached hydrogen (secondary N) is 2. The highest BCUT2D eigenvalue weighted by molar-refractivity contribution is 6.04. The molecule has 0 atom stereocenters. The summed E-state index contributed by atoms with van der Waals surface area (Å²) < 4.78 is 13.3. The molecule has 26 heavy (non-hydrogen) atoms. The lowest BCUT2D eigenvalue weighted by Crippen LogP contribution is -2.20. The lowest BCUT2D eigenvalue weighted by molar-refractivity contribution is 0.102. The standard InChI is InChI=1S/C20H19FN4O/c21-16-8-4-7-15(11-16)20(26)22-19-17-12-25(13-18(17)23-24-19)10-9-14-5-2-1-3-6-14/h1-8,11H,9-10,12-13H2,(H2,22,23,24,26). The number of rotatable bonds is 5. The molecule has 1 aliphatic heterocycles. The number of amides is 1. The highest BCUT2D eigenvalue weighted by Gasteiger charge is 2.25. The van der Waals surface area contributed by atoms with Crippen LogP contribution in [0, 0.1) is 5.82 Å². The average Bonchev–Trinajstić information content (AvgIpc) is 3.22. The van der Waals surface area contributed by atoms with E-state index in [0.717, 1.165) is 37.3 Å². The fourth-order valence-electron chi connectivity index (χ4n) is 3.21. The second kappa shape index (κ2) is 7.09. The van der Waals surface area contributed by atoms with E-state index in [9.17, 15) is 9.18 Å². The molecule has 4 rings (SSSR count). The Morgan fingerprint density at radius 1 is 1.15 bits per heavy atom. The van der Waals surface area contributed by atoms with Crippen LogP contribution in [0.1, 0.15) is 27.2 Å². The molecule has 2 aromatic carbocycles. The van der Waals surface area contributed by atoms with E-state index in [2.05, 4.69) is 32.5 Å². The molecule has 1 aromatic heterocycles. The first-order valence-corrected chi connectivity index (χ1v) is 8.58. The summed E-state index contributed by atoms with van der Waals surface area (Å²) >= 11 is 0. The van der Waals surface area contributed by atoms with Crippen molar-refractivity contribution in [3.05, 3.63) is 82.8 Å². The Bertz CT molecular complexity index is 923. The van der Waals surface area contributed by atoms with E-state index in [1.165, 1.54) is 23.8 Å². The minimum atomic E-state index is -0.433. The lowest BCUT2D eigenvalue weighted by Gasteiger charge is -2.15. The second-order valence-corrected chi connectivity index (χ2v) is 6.44. The first-order chi connectivity index (χ1) is 12.7. The van der Waals surface area contributed by atoms with Gasteiger partial charge in [-0.15, -0.1) is 0 Å². The molecule has 0 fully saturated rings. The number of hydrogen-bond donors (Lipinski definition) is 2. The summed E-state index contributed by atoms with van der Waals surface area (Å²) in [4.78, 5) is 14.6. The Labute approximate surface area is 150 Å². The average molecular weight is 350 g/mol. The molecule has 1 amide bonds. The van der Waals surface area contributed by atoms with Crippen molar-refractivity contribution < 1.29 is 9.18 Å². The van der Waals surface area contributed by atoms with Crippen molar-refractivity contribution in [2.75, 3.05) is 11.9 Å². The van der Waals surface area contributed by atoms with Gasteiger partial charge in [0.05, 0.1) is 5.69 Å². The topological polar surface area (TPSA) is 61.0 Å². The zero-order chi connectivity index (χ0) is 17.9. The number of aromatic amines is 1. The van der Waals surface area contributed by atoms with Crippen LogP contribution >= 0.6 is 0 Å². The van der Waals surface area contributed by atoms with Gasteiger partial charge in [0.1, 0.15) is 5.82 Å². The van der Waals surface area contributed by atoms with Gasteiger partial charge in [-0.2, -0.15) is 5.10 Å². The highest BCUT2D eigenvalue weighted by Crippen LogP contribution is 2.27. The molecule has 0 radical (unpaired) electrons. The summed E-state index contributed by atoms with van der Waals surface area (Å²) in [6, 6.07) is 16.0. The molecule has 0 bridgehead atoms. The molecule has 132 valence electrons. The summed E-state index contributed by atoms with van der Waals surface area (Å²) in [5.41, 5.74) is 3.61. The Balaban J connectivity index is 1.39. The molecule has 1 aliphatic rings. The molecule has 2 N–H and O–H groups in total. The summed E-state index contributed by atoms with van der Waals surface area (Å²) in [6.45, 7) is 2.45. The van der Waals surface area contributed by atoms with Crippen LogP contribution in [0.15, 0.2) is 54.6 Å². The molecule has 0 saturated heterocycles. The summed E-state index contributed by atoms with van der Waals surface area (Å²) in [5, 5.41) is 9.99. The van der Waals surface area contributed by atoms with E-state index in [1.807, 2.05) is 18.2 Å². The van der Waals surface area contributed by atoms with Crippen LogP contribution in [0.3, 0.4) is 0 Å². The van der Waals surface area contributed by atoms with Gasteiger partial charge in [0, 0.05) is 30.8 Å². The number of aromatic nitrogens is 2. The van der Waals surface area contributed by atoms with E-state index < -0.39 is 5.82 Å². The number of H-pyrrole nitrogens is 1. The van der Waals surface area contributed by atoms with Crippen molar-refractivity contribution in [3.63, 3.8) is 0 Å². The van der Waals surface area contributed by atoms with E-state index in [4.69, 9.17) is 0 Å². The number of fused-ring (bicyclic) bond motifs is 1. The van der Waals surface area contributed by atoms with Crippen molar-refractivity contribution in [1.82, 2.24) is 15.1 Å². The van der Waals surface area contributed by atoms with Crippen LogP contribution in [0.25, 0.3) is 0 Å². The van der Waals surface area contributed by atoms with Crippen molar-refractivity contribution in [1.29, 1.82) is 0 Å². The monoisotopic (exact) mass is 350 g/mol. The predicted molar refractivity (Wildman–Crippen MR) is 97.2 cm³/mol. The third-order valence-electron chi connectivity index (χ3n) is 4.59. The maximum atomic E-state index is 13.3. The second-order valence-electron chi connectivity index (χ2n) is 6.44. The molecule has 0 spiro atoms. The lowest BCUT2D eigenvalue weighted by atomic mass is 10.1. The SMILES string of the molecule is O=C(Nc1n[nH]c2c1CN(CCc1ccccc1)C2)c1cccc(F)c1. The Kier molecular flexibility index (Phi) is 4.50. The Morgan fingerprint density at radius 2 is 2.00 bits per heavy atom. The Morgan fingerprint density at radius 3 is 2.81 bits per heavy atom. The van der Waals surface area contributed by atoms with Gasteiger partial charge in [0.15, 0.2) is 5.82 Å². The van der Waals surface area contributed by atoms with Crippen LogP contribution in [0.5, 0.6) is 0 Å². The number of anilines is 1. The van der Waals surface area contributed by atoms with Crippen molar-refractivity contribution in [2.24, 2.45) is 0 Å². The van der Waals surface area contributed by atoms with Crippen molar-refractivity contribution in [3.8, 4) is 0 Å². The molecular formula is C20H19FN4O. The van der Waals surface area contributed by atoms with Crippen LogP contribution in [-0.2, 0) is 19.5 Å². The van der Waals surface area contributed by atoms with Crippen LogP contribution in [0.2, 0.25) is 0 Å². The zero-order valence-corrected chi connectivity index (χ0v) is 14.2. The van der Waals surface area contributed by atoms with Crippen molar-refractivity contribution >= 4 is 11.7 Å². The fourth-order valence-corrected chi connectivity index (χ4v) is 3.21. The largest absolute Gasteiger partial charge is 0.305 e. The van der Waals surface area contributed by atoms with Gasteiger partial charge in [-0.3, -0.25) is 14.8 Å².